The van der Waals surface area contributed by atoms with E-state index in [1.807, 2.05) is 12.1 Å². The summed E-state index contributed by atoms with van der Waals surface area (Å²) in [5.41, 5.74) is 5.71. The molecule has 7 heteroatoms. The Morgan fingerprint density at radius 1 is 0.829 bits per heavy atom. The maximum atomic E-state index is 13.5. The lowest BCUT2D eigenvalue weighted by atomic mass is 9.66. The Kier molecular flexibility index (Phi) is 4.86. The van der Waals surface area contributed by atoms with Crippen LogP contribution in [0.15, 0.2) is 64.4 Å². The van der Waals surface area contributed by atoms with Crippen molar-refractivity contribution in [1.29, 1.82) is 0 Å². The van der Waals surface area contributed by atoms with E-state index in [0.29, 0.717) is 9.79 Å². The van der Waals surface area contributed by atoms with Crippen LogP contribution < -0.4 is 0 Å². The van der Waals surface area contributed by atoms with E-state index in [-0.39, 0.29) is 10.8 Å². The molecule has 0 unspecified atom stereocenters. The van der Waals surface area contributed by atoms with Crippen molar-refractivity contribution in [3.63, 3.8) is 0 Å². The second-order valence-electron chi connectivity index (χ2n) is 11.0. The largest absolute Gasteiger partial charge is 0.241 e. The second kappa shape index (κ2) is 7.45. The number of aromatic nitrogens is 2. The van der Waals surface area contributed by atoms with Crippen molar-refractivity contribution in [2.24, 2.45) is 0 Å². The van der Waals surface area contributed by atoms with Gasteiger partial charge in [-0.2, -0.15) is 0 Å². The van der Waals surface area contributed by atoms with Crippen LogP contribution >= 0.6 is 22.7 Å². The number of fused-ring (bicyclic) bond motifs is 3. The van der Waals surface area contributed by atoms with Gasteiger partial charge in [-0.3, -0.25) is 0 Å². The molecule has 6 rings (SSSR count). The Hall–Kier alpha value is -2.61. The normalized spacial score (nSPS) is 15.3. The van der Waals surface area contributed by atoms with Crippen LogP contribution in [0.3, 0.4) is 0 Å². The number of rotatable bonds is 3. The summed E-state index contributed by atoms with van der Waals surface area (Å²) in [5, 5.41) is 1.92. The van der Waals surface area contributed by atoms with Crippen LogP contribution in [0.2, 0.25) is 0 Å². The molecule has 0 radical (unpaired) electrons. The number of benzene rings is 3. The zero-order chi connectivity index (χ0) is 24.8. The van der Waals surface area contributed by atoms with Crippen LogP contribution in [-0.4, -0.2) is 18.4 Å². The summed E-state index contributed by atoms with van der Waals surface area (Å²) < 4.78 is 28.8. The number of thiazole rings is 2. The minimum absolute atomic E-state index is 0.0758. The molecule has 0 saturated heterocycles. The molecule has 5 aromatic rings. The zero-order valence-corrected chi connectivity index (χ0v) is 22.8. The molecular formula is C28H26N2O2S3. The standard InChI is InChI=1S/C28H26N2O2S3/c1-27(2,3)26-30-22-11-8-19(14-24(22)34-26)35(31,32)18-7-10-21-23(13-18)33-25(29-21)16-6-9-20-17(12-16)15-28(20,4)5/h6-14H,15H2,1-5H3. The van der Waals surface area contributed by atoms with Gasteiger partial charge in [0.2, 0.25) is 9.84 Å². The lowest BCUT2D eigenvalue weighted by Gasteiger charge is -2.38. The molecule has 0 saturated carbocycles. The van der Waals surface area contributed by atoms with E-state index in [1.54, 1.807) is 35.6 Å². The van der Waals surface area contributed by atoms with Gasteiger partial charge in [-0.1, -0.05) is 46.8 Å². The van der Waals surface area contributed by atoms with Gasteiger partial charge in [-0.25, -0.2) is 18.4 Å². The first-order valence-corrected chi connectivity index (χ1v) is 14.7. The smallest absolute Gasteiger partial charge is 0.206 e. The fourth-order valence-corrected chi connectivity index (χ4v) is 8.25. The van der Waals surface area contributed by atoms with Gasteiger partial charge in [0.1, 0.15) is 5.01 Å². The molecule has 0 amide bonds. The summed E-state index contributed by atoms with van der Waals surface area (Å²) in [4.78, 5) is 10.1. The van der Waals surface area contributed by atoms with Crippen molar-refractivity contribution in [1.82, 2.24) is 9.97 Å². The summed E-state index contributed by atoms with van der Waals surface area (Å²) >= 11 is 3.10. The van der Waals surface area contributed by atoms with Gasteiger partial charge in [0.15, 0.2) is 0 Å². The van der Waals surface area contributed by atoms with E-state index < -0.39 is 9.84 Å². The van der Waals surface area contributed by atoms with Crippen molar-refractivity contribution < 1.29 is 8.42 Å². The van der Waals surface area contributed by atoms with E-state index >= 15 is 0 Å². The molecule has 0 spiro atoms. The Morgan fingerprint density at radius 2 is 1.46 bits per heavy atom. The van der Waals surface area contributed by atoms with Crippen LogP contribution in [0.25, 0.3) is 31.0 Å². The summed E-state index contributed by atoms with van der Waals surface area (Å²) in [6, 6.07) is 17.0. The van der Waals surface area contributed by atoms with Gasteiger partial charge in [0.05, 0.1) is 35.2 Å². The third-order valence-electron chi connectivity index (χ3n) is 6.70. The zero-order valence-electron chi connectivity index (χ0n) is 20.3. The molecule has 178 valence electrons. The number of nitrogens with zero attached hydrogens (tertiary/aromatic N) is 2. The van der Waals surface area contributed by atoms with Gasteiger partial charge in [-0.15, -0.1) is 22.7 Å². The van der Waals surface area contributed by atoms with Gasteiger partial charge >= 0.3 is 0 Å². The quantitative estimate of drug-likeness (QED) is 0.248. The van der Waals surface area contributed by atoms with Crippen LogP contribution in [0.1, 0.15) is 50.8 Å². The van der Waals surface area contributed by atoms with Gasteiger partial charge in [-0.05, 0) is 65.4 Å². The fraction of sp³-hybridized carbons (Fsp3) is 0.286. The van der Waals surface area contributed by atoms with Crippen LogP contribution in [0.5, 0.6) is 0 Å². The molecule has 0 bridgehead atoms. The van der Waals surface area contributed by atoms with E-state index in [9.17, 15) is 8.42 Å². The summed E-state index contributed by atoms with van der Waals surface area (Å²) in [5.74, 6) is 0. The van der Waals surface area contributed by atoms with Gasteiger partial charge in [0, 0.05) is 11.0 Å². The van der Waals surface area contributed by atoms with Gasteiger partial charge in [0.25, 0.3) is 0 Å². The van der Waals surface area contributed by atoms with E-state index in [2.05, 4.69) is 52.8 Å². The monoisotopic (exact) mass is 518 g/mol. The first kappa shape index (κ1) is 22.8. The van der Waals surface area contributed by atoms with Crippen LogP contribution in [-0.2, 0) is 27.1 Å². The fourth-order valence-electron chi connectivity index (χ4n) is 4.72. The molecule has 35 heavy (non-hydrogen) atoms. The molecule has 2 aromatic heterocycles. The maximum absolute atomic E-state index is 13.5. The molecule has 1 aliphatic rings. The SMILES string of the molecule is CC(C)(C)c1nc2ccc(S(=O)(=O)c3ccc4nc(-c5ccc6c(c5)CC6(C)C)sc4c3)cc2s1. The van der Waals surface area contributed by atoms with Crippen molar-refractivity contribution in [3.8, 4) is 10.6 Å². The van der Waals surface area contributed by atoms with Crippen molar-refractivity contribution in [2.75, 3.05) is 0 Å². The number of hydrogen-bond donors (Lipinski definition) is 0. The Balaban J connectivity index is 1.37. The Labute approximate surface area is 213 Å². The lowest BCUT2D eigenvalue weighted by Crippen LogP contribution is -2.32. The molecule has 4 nitrogen and oxygen atoms in total. The number of sulfone groups is 1. The molecule has 0 N–H and O–H groups in total. The van der Waals surface area contributed by atoms with Crippen molar-refractivity contribution in [3.05, 3.63) is 70.7 Å². The average Bonchev–Trinajstić information content (AvgIpc) is 3.41. The molecule has 2 heterocycles. The number of hydrogen-bond acceptors (Lipinski definition) is 6. The topological polar surface area (TPSA) is 59.9 Å². The summed E-state index contributed by atoms with van der Waals surface area (Å²) in [6.45, 7) is 10.9. The van der Waals surface area contributed by atoms with E-state index in [0.717, 1.165) is 42.4 Å². The van der Waals surface area contributed by atoms with Crippen LogP contribution in [0, 0.1) is 0 Å². The minimum Gasteiger partial charge on any atom is -0.241 e. The lowest BCUT2D eigenvalue weighted by molar-refractivity contribution is 0.455. The first-order chi connectivity index (χ1) is 16.4. The van der Waals surface area contributed by atoms with E-state index in [1.165, 1.54) is 22.5 Å². The minimum atomic E-state index is -3.66. The van der Waals surface area contributed by atoms with Crippen molar-refractivity contribution in [2.45, 2.75) is 61.7 Å². The molecule has 1 aliphatic carbocycles. The summed E-state index contributed by atoms with van der Waals surface area (Å²) in [7, 11) is -3.66. The Bertz CT molecular complexity index is 1750. The predicted octanol–water partition coefficient (Wildman–Crippen LogP) is 7.54. The molecule has 0 atom stereocenters. The van der Waals surface area contributed by atoms with Crippen LogP contribution in [0.4, 0.5) is 0 Å². The third-order valence-corrected chi connectivity index (χ3v) is 11.0. The molecule has 3 aromatic carbocycles. The first-order valence-electron chi connectivity index (χ1n) is 11.6. The molecular weight excluding hydrogens is 493 g/mol. The third kappa shape index (κ3) is 3.72. The van der Waals surface area contributed by atoms with E-state index in [4.69, 9.17) is 9.97 Å². The average molecular weight is 519 g/mol. The highest BCUT2D eigenvalue weighted by Crippen LogP contribution is 2.43. The van der Waals surface area contributed by atoms with Crippen molar-refractivity contribution >= 4 is 52.9 Å². The molecule has 0 fully saturated rings. The Morgan fingerprint density at radius 3 is 2.06 bits per heavy atom. The van der Waals surface area contributed by atoms with Gasteiger partial charge < -0.3 is 0 Å². The highest BCUT2D eigenvalue weighted by Gasteiger charge is 2.33. The highest BCUT2D eigenvalue weighted by atomic mass is 32.2. The molecule has 0 aliphatic heterocycles. The highest BCUT2D eigenvalue weighted by molar-refractivity contribution is 7.91. The second-order valence-corrected chi connectivity index (χ2v) is 15.0. The maximum Gasteiger partial charge on any atom is 0.206 e. The predicted molar refractivity (Wildman–Crippen MR) is 146 cm³/mol. The summed E-state index contributed by atoms with van der Waals surface area (Å²) in [6.07, 6.45) is 1.07.